The lowest BCUT2D eigenvalue weighted by Crippen LogP contribution is -2.22. The van der Waals surface area contributed by atoms with E-state index in [0.717, 1.165) is 19.3 Å². The van der Waals surface area contributed by atoms with Gasteiger partial charge in [-0.25, -0.2) is 4.39 Å². The third-order valence-electron chi connectivity index (χ3n) is 2.92. The Labute approximate surface area is 105 Å². The maximum absolute atomic E-state index is 13.0. The SMILES string of the molecule is O=C(CC1CCCCO1)c1cc(F)ccc1Cl. The molecule has 0 N–H and O–H groups in total. The van der Waals surface area contributed by atoms with Crippen LogP contribution in [0.1, 0.15) is 36.0 Å². The molecule has 0 aliphatic carbocycles. The van der Waals surface area contributed by atoms with Crippen LogP contribution in [0.5, 0.6) is 0 Å². The lowest BCUT2D eigenvalue weighted by Gasteiger charge is -2.21. The van der Waals surface area contributed by atoms with Gasteiger partial charge in [0.15, 0.2) is 5.78 Å². The second-order valence-electron chi connectivity index (χ2n) is 4.24. The van der Waals surface area contributed by atoms with Gasteiger partial charge >= 0.3 is 0 Å². The molecular weight excluding hydrogens is 243 g/mol. The molecule has 17 heavy (non-hydrogen) atoms. The summed E-state index contributed by atoms with van der Waals surface area (Å²) in [4.78, 5) is 12.0. The molecule has 1 aliphatic heterocycles. The van der Waals surface area contributed by atoms with Gasteiger partial charge in [-0.15, -0.1) is 0 Å². The molecule has 0 aromatic heterocycles. The second kappa shape index (κ2) is 5.61. The Hall–Kier alpha value is -0.930. The van der Waals surface area contributed by atoms with Gasteiger partial charge in [0.05, 0.1) is 11.1 Å². The Morgan fingerprint density at radius 3 is 3.00 bits per heavy atom. The molecule has 1 aromatic carbocycles. The zero-order valence-corrected chi connectivity index (χ0v) is 10.2. The van der Waals surface area contributed by atoms with Crippen LogP contribution in [-0.4, -0.2) is 18.5 Å². The van der Waals surface area contributed by atoms with Crippen LogP contribution in [0.15, 0.2) is 18.2 Å². The molecule has 1 heterocycles. The maximum Gasteiger partial charge on any atom is 0.167 e. The molecule has 1 unspecified atom stereocenters. The van der Waals surface area contributed by atoms with Crippen molar-refractivity contribution in [2.75, 3.05) is 6.61 Å². The minimum atomic E-state index is -0.442. The monoisotopic (exact) mass is 256 g/mol. The standard InChI is InChI=1S/C13H14ClFO2/c14-12-5-4-9(15)7-11(12)13(16)8-10-3-1-2-6-17-10/h4-5,7,10H,1-3,6,8H2. The lowest BCUT2D eigenvalue weighted by atomic mass is 10.00. The summed E-state index contributed by atoms with van der Waals surface area (Å²) in [5.41, 5.74) is 0.251. The highest BCUT2D eigenvalue weighted by molar-refractivity contribution is 6.33. The Kier molecular flexibility index (Phi) is 4.13. The molecule has 1 atom stereocenters. The molecule has 0 amide bonds. The van der Waals surface area contributed by atoms with Gasteiger partial charge in [0.1, 0.15) is 5.82 Å². The van der Waals surface area contributed by atoms with Crippen LogP contribution in [-0.2, 0) is 4.74 Å². The summed E-state index contributed by atoms with van der Waals surface area (Å²) in [5.74, 6) is -0.594. The Balaban J connectivity index is 2.05. The van der Waals surface area contributed by atoms with Crippen molar-refractivity contribution in [2.24, 2.45) is 0 Å². The predicted octanol–water partition coefficient (Wildman–Crippen LogP) is 3.62. The highest BCUT2D eigenvalue weighted by atomic mass is 35.5. The van der Waals surface area contributed by atoms with E-state index in [1.807, 2.05) is 0 Å². The van der Waals surface area contributed by atoms with E-state index >= 15 is 0 Å². The number of ketones is 1. The molecule has 1 aromatic rings. The van der Waals surface area contributed by atoms with E-state index < -0.39 is 5.82 Å². The predicted molar refractivity (Wildman–Crippen MR) is 63.9 cm³/mol. The quantitative estimate of drug-likeness (QED) is 0.772. The maximum atomic E-state index is 13.0. The number of benzene rings is 1. The average molecular weight is 257 g/mol. The number of carbonyl (C=O) groups is 1. The number of ether oxygens (including phenoxy) is 1. The summed E-state index contributed by atoms with van der Waals surface area (Å²) < 4.78 is 18.5. The van der Waals surface area contributed by atoms with Crippen molar-refractivity contribution in [3.8, 4) is 0 Å². The first-order valence-corrected chi connectivity index (χ1v) is 6.14. The third kappa shape index (κ3) is 3.27. The van der Waals surface area contributed by atoms with Crippen molar-refractivity contribution in [1.82, 2.24) is 0 Å². The van der Waals surface area contributed by atoms with E-state index in [0.29, 0.717) is 11.6 Å². The Bertz CT molecular complexity index is 414. The van der Waals surface area contributed by atoms with Crippen LogP contribution in [0.3, 0.4) is 0 Å². The van der Waals surface area contributed by atoms with Gasteiger partial charge in [0.25, 0.3) is 0 Å². The van der Waals surface area contributed by atoms with Crippen LogP contribution in [0.25, 0.3) is 0 Å². The highest BCUT2D eigenvalue weighted by Crippen LogP contribution is 2.22. The molecule has 0 spiro atoms. The first-order chi connectivity index (χ1) is 8.16. The zero-order valence-electron chi connectivity index (χ0n) is 9.42. The molecule has 1 fully saturated rings. The second-order valence-corrected chi connectivity index (χ2v) is 4.65. The first kappa shape index (κ1) is 12.5. The molecule has 1 aliphatic rings. The van der Waals surface area contributed by atoms with Gasteiger partial charge < -0.3 is 4.74 Å². The van der Waals surface area contributed by atoms with Crippen molar-refractivity contribution in [3.05, 3.63) is 34.6 Å². The highest BCUT2D eigenvalue weighted by Gasteiger charge is 2.20. The number of halogens is 2. The van der Waals surface area contributed by atoms with E-state index in [-0.39, 0.29) is 23.9 Å². The molecular formula is C13H14ClFO2. The van der Waals surface area contributed by atoms with E-state index in [1.54, 1.807) is 0 Å². The summed E-state index contributed by atoms with van der Waals surface area (Å²) in [7, 11) is 0. The summed E-state index contributed by atoms with van der Waals surface area (Å²) in [5, 5.41) is 0.298. The van der Waals surface area contributed by atoms with E-state index in [9.17, 15) is 9.18 Å². The van der Waals surface area contributed by atoms with Crippen LogP contribution >= 0.6 is 11.6 Å². The van der Waals surface area contributed by atoms with Gasteiger partial charge in [-0.3, -0.25) is 4.79 Å². The fourth-order valence-corrected chi connectivity index (χ4v) is 2.22. The summed E-state index contributed by atoms with van der Waals surface area (Å²) in [6.07, 6.45) is 3.25. The number of carbonyl (C=O) groups excluding carboxylic acids is 1. The topological polar surface area (TPSA) is 26.3 Å². The van der Waals surface area contributed by atoms with Crippen LogP contribution in [0.4, 0.5) is 4.39 Å². The molecule has 0 bridgehead atoms. The summed E-state index contributed by atoms with van der Waals surface area (Å²) >= 11 is 5.88. The number of hydrogen-bond donors (Lipinski definition) is 0. The average Bonchev–Trinajstić information content (AvgIpc) is 2.33. The lowest BCUT2D eigenvalue weighted by molar-refractivity contribution is 0.0129. The molecule has 92 valence electrons. The Morgan fingerprint density at radius 2 is 2.29 bits per heavy atom. The molecule has 4 heteroatoms. The molecule has 2 rings (SSSR count). The largest absolute Gasteiger partial charge is 0.378 e. The normalized spacial score (nSPS) is 20.2. The summed E-state index contributed by atoms with van der Waals surface area (Å²) in [6.45, 7) is 0.703. The first-order valence-electron chi connectivity index (χ1n) is 5.76. The molecule has 0 radical (unpaired) electrons. The van der Waals surface area contributed by atoms with Crippen molar-refractivity contribution < 1.29 is 13.9 Å². The van der Waals surface area contributed by atoms with Gasteiger partial charge in [0, 0.05) is 18.6 Å². The van der Waals surface area contributed by atoms with Crippen molar-refractivity contribution in [1.29, 1.82) is 0 Å². The molecule has 2 nitrogen and oxygen atoms in total. The van der Waals surface area contributed by atoms with E-state index in [2.05, 4.69) is 0 Å². The Morgan fingerprint density at radius 1 is 1.47 bits per heavy atom. The number of hydrogen-bond acceptors (Lipinski definition) is 2. The minimum absolute atomic E-state index is 0.0458. The van der Waals surface area contributed by atoms with Crippen molar-refractivity contribution in [2.45, 2.75) is 31.8 Å². The molecule has 1 saturated heterocycles. The number of Topliss-reactive ketones (excluding diaryl/α,β-unsaturated/α-hetero) is 1. The minimum Gasteiger partial charge on any atom is -0.378 e. The fourth-order valence-electron chi connectivity index (χ4n) is 2.00. The van der Waals surface area contributed by atoms with Crippen LogP contribution in [0.2, 0.25) is 5.02 Å². The van der Waals surface area contributed by atoms with Crippen molar-refractivity contribution >= 4 is 17.4 Å². The molecule has 0 saturated carbocycles. The smallest absolute Gasteiger partial charge is 0.167 e. The van der Waals surface area contributed by atoms with Crippen molar-refractivity contribution in [3.63, 3.8) is 0 Å². The van der Waals surface area contributed by atoms with Gasteiger partial charge in [-0.1, -0.05) is 11.6 Å². The van der Waals surface area contributed by atoms with Gasteiger partial charge in [-0.2, -0.15) is 0 Å². The van der Waals surface area contributed by atoms with Gasteiger partial charge in [-0.05, 0) is 37.5 Å². The third-order valence-corrected chi connectivity index (χ3v) is 3.25. The van der Waals surface area contributed by atoms with E-state index in [1.165, 1.54) is 18.2 Å². The van der Waals surface area contributed by atoms with Crippen LogP contribution in [0, 0.1) is 5.82 Å². The number of rotatable bonds is 3. The fraction of sp³-hybridized carbons (Fsp3) is 0.462. The van der Waals surface area contributed by atoms with Gasteiger partial charge in [0.2, 0.25) is 0 Å². The zero-order chi connectivity index (χ0) is 12.3. The van der Waals surface area contributed by atoms with Crippen LogP contribution < -0.4 is 0 Å². The summed E-state index contributed by atoms with van der Waals surface area (Å²) in [6, 6.07) is 3.84. The van der Waals surface area contributed by atoms with E-state index in [4.69, 9.17) is 16.3 Å².